The van der Waals surface area contributed by atoms with Gasteiger partial charge in [0.25, 0.3) is 18.2 Å². The third-order valence-electron chi connectivity index (χ3n) is 5.42. The van der Waals surface area contributed by atoms with Gasteiger partial charge in [-0.2, -0.15) is 5.10 Å². The summed E-state index contributed by atoms with van der Waals surface area (Å²) in [6.45, 7) is 1.97. The molecule has 2 aromatic rings. The number of hydrogen-bond acceptors (Lipinski definition) is 4. The predicted octanol–water partition coefficient (Wildman–Crippen LogP) is 1.97. The molecule has 29 heavy (non-hydrogen) atoms. The molecule has 2 aliphatic heterocycles. The van der Waals surface area contributed by atoms with E-state index >= 15 is 0 Å². The Balaban J connectivity index is 1.48. The van der Waals surface area contributed by atoms with Crippen LogP contribution < -0.4 is 0 Å². The van der Waals surface area contributed by atoms with Crippen LogP contribution in [-0.2, 0) is 11.8 Å². The summed E-state index contributed by atoms with van der Waals surface area (Å²) >= 11 is 0. The van der Waals surface area contributed by atoms with Crippen molar-refractivity contribution < 1.29 is 23.1 Å². The Morgan fingerprint density at radius 1 is 1.10 bits per heavy atom. The van der Waals surface area contributed by atoms with Crippen molar-refractivity contribution in [2.24, 2.45) is 13.0 Å². The minimum absolute atomic E-state index is 0.0687. The van der Waals surface area contributed by atoms with Crippen molar-refractivity contribution in [3.05, 3.63) is 53.3 Å². The summed E-state index contributed by atoms with van der Waals surface area (Å²) in [5.74, 6) is -0.626. The molecule has 2 amide bonds. The Morgan fingerprint density at radius 3 is 2.55 bits per heavy atom. The van der Waals surface area contributed by atoms with Crippen molar-refractivity contribution in [3.8, 4) is 0 Å². The molecular formula is C20H22F2N4O3. The van der Waals surface area contributed by atoms with Crippen LogP contribution in [0.1, 0.15) is 32.8 Å². The van der Waals surface area contributed by atoms with E-state index in [2.05, 4.69) is 5.10 Å². The lowest BCUT2D eigenvalue weighted by Gasteiger charge is -2.23. The second kappa shape index (κ2) is 7.90. The molecule has 4 rings (SSSR count). The molecule has 7 nitrogen and oxygen atoms in total. The van der Waals surface area contributed by atoms with Crippen molar-refractivity contribution in [1.29, 1.82) is 0 Å². The molecular weight excluding hydrogens is 382 g/mol. The third-order valence-corrected chi connectivity index (χ3v) is 5.42. The number of alkyl halides is 2. The van der Waals surface area contributed by atoms with Gasteiger partial charge in [0.2, 0.25) is 0 Å². The van der Waals surface area contributed by atoms with E-state index in [1.54, 1.807) is 17.0 Å². The smallest absolute Gasteiger partial charge is 0.282 e. The highest BCUT2D eigenvalue weighted by Gasteiger charge is 2.40. The minimum atomic E-state index is -2.82. The van der Waals surface area contributed by atoms with Gasteiger partial charge in [-0.1, -0.05) is 18.2 Å². The van der Waals surface area contributed by atoms with Gasteiger partial charge in [-0.3, -0.25) is 14.3 Å². The zero-order chi connectivity index (χ0) is 20.5. The number of halogens is 2. The first-order valence-electron chi connectivity index (χ1n) is 9.51. The first kappa shape index (κ1) is 19.5. The van der Waals surface area contributed by atoms with Gasteiger partial charge in [0, 0.05) is 50.9 Å². The number of fused-ring (bicyclic) bond motifs is 1. The quantitative estimate of drug-likeness (QED) is 0.785. The van der Waals surface area contributed by atoms with Crippen LogP contribution in [0.25, 0.3) is 0 Å². The summed E-state index contributed by atoms with van der Waals surface area (Å²) in [4.78, 5) is 28.9. The summed E-state index contributed by atoms with van der Waals surface area (Å²) < 4.78 is 33.6. The molecule has 0 aliphatic carbocycles. The van der Waals surface area contributed by atoms with Gasteiger partial charge in [-0.05, 0) is 12.1 Å². The number of hydrogen-bond donors (Lipinski definition) is 0. The average Bonchev–Trinajstić information content (AvgIpc) is 3.25. The largest absolute Gasteiger partial charge is 0.374 e. The highest BCUT2D eigenvalue weighted by molar-refractivity contribution is 5.96. The van der Waals surface area contributed by atoms with Crippen molar-refractivity contribution in [3.63, 3.8) is 0 Å². The molecule has 0 N–H and O–H groups in total. The molecule has 1 aromatic heterocycles. The monoisotopic (exact) mass is 404 g/mol. The summed E-state index contributed by atoms with van der Waals surface area (Å²) in [6, 6.07) is 9.02. The second-order valence-electron chi connectivity index (χ2n) is 7.40. The maximum Gasteiger partial charge on any atom is 0.282 e. The van der Waals surface area contributed by atoms with Crippen LogP contribution >= 0.6 is 0 Å². The number of aryl methyl sites for hydroxylation is 1. The number of ether oxygens (including phenoxy) is 1. The molecule has 2 fully saturated rings. The number of benzene rings is 1. The third kappa shape index (κ3) is 3.87. The molecule has 9 heteroatoms. The van der Waals surface area contributed by atoms with Crippen molar-refractivity contribution in [1.82, 2.24) is 19.6 Å². The van der Waals surface area contributed by atoms with Gasteiger partial charge in [-0.15, -0.1) is 0 Å². The van der Waals surface area contributed by atoms with Gasteiger partial charge < -0.3 is 14.5 Å². The number of likely N-dealkylation sites (tertiary alicyclic amines) is 1. The minimum Gasteiger partial charge on any atom is -0.374 e. The molecule has 0 radical (unpaired) electrons. The lowest BCUT2D eigenvalue weighted by Crippen LogP contribution is -2.38. The van der Waals surface area contributed by atoms with Gasteiger partial charge >= 0.3 is 0 Å². The Kier molecular flexibility index (Phi) is 5.31. The SMILES string of the molecule is Cn1cc(C(=O)N2C[C@@H]3CN(C(=O)c4ccccc4)CCO[C@@H]3C2)c(C(F)F)n1. The highest BCUT2D eigenvalue weighted by atomic mass is 19.3. The number of rotatable bonds is 3. The standard InChI is InChI=1S/C20H22F2N4O3/c1-24-11-15(17(23-24)18(21)22)20(28)26-10-14-9-25(7-8-29-16(14)12-26)19(27)13-5-3-2-4-6-13/h2-6,11,14,16,18H,7-10,12H2,1H3/t14-,16+/m0/s1. The molecule has 1 aromatic carbocycles. The number of carbonyl (C=O) groups is 2. The highest BCUT2D eigenvalue weighted by Crippen LogP contribution is 2.28. The topological polar surface area (TPSA) is 67.7 Å². The lowest BCUT2D eigenvalue weighted by atomic mass is 10.1. The number of carbonyl (C=O) groups excluding carboxylic acids is 2. The Morgan fingerprint density at radius 2 is 1.83 bits per heavy atom. The maximum atomic E-state index is 13.2. The van der Waals surface area contributed by atoms with E-state index < -0.39 is 18.0 Å². The summed E-state index contributed by atoms with van der Waals surface area (Å²) in [5, 5.41) is 3.71. The predicted molar refractivity (Wildman–Crippen MR) is 99.6 cm³/mol. The fourth-order valence-corrected chi connectivity index (χ4v) is 4.01. The molecule has 2 atom stereocenters. The van der Waals surface area contributed by atoms with E-state index in [1.807, 2.05) is 18.2 Å². The average molecular weight is 404 g/mol. The van der Waals surface area contributed by atoms with Crippen molar-refractivity contribution in [2.75, 3.05) is 32.8 Å². The Hall–Kier alpha value is -2.81. The first-order valence-corrected chi connectivity index (χ1v) is 9.51. The van der Waals surface area contributed by atoms with E-state index in [0.717, 1.165) is 0 Å². The van der Waals surface area contributed by atoms with E-state index in [4.69, 9.17) is 4.74 Å². The zero-order valence-corrected chi connectivity index (χ0v) is 16.0. The van der Waals surface area contributed by atoms with E-state index in [0.29, 0.717) is 38.3 Å². The van der Waals surface area contributed by atoms with Crippen LogP contribution in [0.15, 0.2) is 36.5 Å². The fraction of sp³-hybridized carbons (Fsp3) is 0.450. The summed E-state index contributed by atoms with van der Waals surface area (Å²) in [5.41, 5.74) is 0.0105. The number of nitrogens with zero attached hydrogens (tertiary/aromatic N) is 4. The molecule has 2 aliphatic rings. The van der Waals surface area contributed by atoms with Crippen LogP contribution in [0, 0.1) is 5.92 Å². The maximum absolute atomic E-state index is 13.2. The van der Waals surface area contributed by atoms with Crippen LogP contribution in [0.2, 0.25) is 0 Å². The van der Waals surface area contributed by atoms with Gasteiger partial charge in [0.1, 0.15) is 5.69 Å². The van der Waals surface area contributed by atoms with E-state index in [1.165, 1.54) is 22.8 Å². The van der Waals surface area contributed by atoms with Crippen molar-refractivity contribution in [2.45, 2.75) is 12.5 Å². The van der Waals surface area contributed by atoms with E-state index in [9.17, 15) is 18.4 Å². The van der Waals surface area contributed by atoms with Crippen LogP contribution in [-0.4, -0.2) is 70.3 Å². The molecule has 2 saturated heterocycles. The Bertz CT molecular complexity index is 902. The van der Waals surface area contributed by atoms with E-state index in [-0.39, 0.29) is 23.5 Å². The normalized spacial score (nSPS) is 21.9. The summed E-state index contributed by atoms with van der Waals surface area (Å²) in [7, 11) is 1.51. The van der Waals surface area contributed by atoms with Crippen LogP contribution in [0.4, 0.5) is 8.78 Å². The van der Waals surface area contributed by atoms with Crippen LogP contribution in [0.5, 0.6) is 0 Å². The molecule has 3 heterocycles. The Labute approximate surface area is 166 Å². The number of aromatic nitrogens is 2. The number of amides is 2. The van der Waals surface area contributed by atoms with Gasteiger partial charge in [-0.25, -0.2) is 8.78 Å². The summed E-state index contributed by atoms with van der Waals surface area (Å²) in [6.07, 6.45) is -1.72. The molecule has 154 valence electrons. The fourth-order valence-electron chi connectivity index (χ4n) is 4.01. The van der Waals surface area contributed by atoms with Crippen molar-refractivity contribution >= 4 is 11.8 Å². The molecule has 0 unspecified atom stereocenters. The lowest BCUT2D eigenvalue weighted by molar-refractivity contribution is 0.0476. The van der Waals surface area contributed by atoms with Gasteiger partial charge in [0.15, 0.2) is 0 Å². The molecule has 0 saturated carbocycles. The van der Waals surface area contributed by atoms with Crippen LogP contribution in [0.3, 0.4) is 0 Å². The molecule has 0 spiro atoms. The van der Waals surface area contributed by atoms with Gasteiger partial charge in [0.05, 0.1) is 18.3 Å². The zero-order valence-electron chi connectivity index (χ0n) is 16.0. The molecule has 0 bridgehead atoms. The first-order chi connectivity index (χ1) is 13.9. The second-order valence-corrected chi connectivity index (χ2v) is 7.40.